The molecule has 1 aliphatic heterocycles. The Morgan fingerprint density at radius 1 is 0.739 bits per heavy atom. The summed E-state index contributed by atoms with van der Waals surface area (Å²) in [5.74, 6) is -0.645. The maximum atomic E-state index is 11.3. The first-order chi connectivity index (χ1) is 10.8. The summed E-state index contributed by atoms with van der Waals surface area (Å²) in [4.78, 5) is 43.0. The van der Waals surface area contributed by atoms with Crippen LogP contribution in [0.3, 0.4) is 0 Å². The minimum Gasteiger partial charge on any atom is -0.394 e. The van der Waals surface area contributed by atoms with Gasteiger partial charge in [0.1, 0.15) is 0 Å². The van der Waals surface area contributed by atoms with Crippen LogP contribution in [0.25, 0.3) is 10.8 Å². The lowest BCUT2D eigenvalue weighted by Gasteiger charge is -2.14. The monoisotopic (exact) mass is 320 g/mol. The number of cyclic esters (lactones) is 2. The van der Waals surface area contributed by atoms with Crippen molar-refractivity contribution >= 4 is 34.5 Å². The predicted octanol–water partition coefficient (Wildman–Crippen LogP) is 2.68. The van der Waals surface area contributed by atoms with Crippen molar-refractivity contribution in [1.29, 1.82) is 0 Å². The number of carbonyl (C=O) groups excluding carboxylic acids is 2. The van der Waals surface area contributed by atoms with Gasteiger partial charge in [-0.05, 0) is 0 Å². The third-order valence-electron chi connectivity index (χ3n) is 2.92. The van der Waals surface area contributed by atoms with Gasteiger partial charge in [0.15, 0.2) is 11.5 Å². The number of carbonyl (C=O) groups is 2. The van der Waals surface area contributed by atoms with Crippen LogP contribution < -0.4 is 9.47 Å². The molecular formula is C12H4N2O9. The van der Waals surface area contributed by atoms with Crippen LogP contribution in [0.4, 0.5) is 21.0 Å². The molecule has 0 amide bonds. The van der Waals surface area contributed by atoms with Crippen LogP contribution in [0.15, 0.2) is 24.3 Å². The SMILES string of the molecule is O=C1OC(=O)Oc2cc([N+](=O)[O-])cc3cc([N+](=O)[O-])cc(c23)O1. The Morgan fingerprint density at radius 2 is 1.17 bits per heavy atom. The third-order valence-corrected chi connectivity index (χ3v) is 2.92. The van der Waals surface area contributed by atoms with Crippen molar-refractivity contribution in [1.82, 2.24) is 0 Å². The molecule has 0 saturated heterocycles. The standard InChI is InChI=1S/C12H4N2O9/c15-11-21-8-3-6(13(17)18)1-5-2-7(14(19)20)4-9(10(5)8)22-12(16)23-11/h1-4H. The van der Waals surface area contributed by atoms with Gasteiger partial charge in [-0.3, -0.25) is 20.2 Å². The molecule has 0 saturated carbocycles. The molecule has 0 bridgehead atoms. The zero-order valence-electron chi connectivity index (χ0n) is 10.9. The van der Waals surface area contributed by atoms with Gasteiger partial charge in [0.2, 0.25) is 0 Å². The van der Waals surface area contributed by atoms with Gasteiger partial charge in [0.05, 0.1) is 27.4 Å². The summed E-state index contributed by atoms with van der Waals surface area (Å²) in [6.07, 6.45) is -2.89. The maximum absolute atomic E-state index is 11.3. The van der Waals surface area contributed by atoms with Crippen molar-refractivity contribution in [3.8, 4) is 11.5 Å². The first-order valence-corrected chi connectivity index (χ1v) is 5.87. The van der Waals surface area contributed by atoms with E-state index in [0.717, 1.165) is 24.3 Å². The summed E-state index contributed by atoms with van der Waals surface area (Å²) >= 11 is 0. The zero-order valence-corrected chi connectivity index (χ0v) is 10.9. The molecular weight excluding hydrogens is 316 g/mol. The van der Waals surface area contributed by atoms with Crippen molar-refractivity contribution in [3.05, 3.63) is 44.5 Å². The third kappa shape index (κ3) is 2.46. The van der Waals surface area contributed by atoms with Gasteiger partial charge in [-0.25, -0.2) is 9.59 Å². The largest absolute Gasteiger partial charge is 0.524 e. The molecule has 0 aliphatic carbocycles. The van der Waals surface area contributed by atoms with Crippen LogP contribution in [-0.2, 0) is 4.74 Å². The minimum atomic E-state index is -1.44. The molecule has 0 N–H and O–H groups in total. The van der Waals surface area contributed by atoms with Gasteiger partial charge in [0, 0.05) is 17.5 Å². The smallest absolute Gasteiger partial charge is 0.394 e. The van der Waals surface area contributed by atoms with Gasteiger partial charge in [0.25, 0.3) is 11.4 Å². The average Bonchev–Trinajstić information content (AvgIpc) is 2.44. The van der Waals surface area contributed by atoms with E-state index in [2.05, 4.69) is 4.74 Å². The average molecular weight is 320 g/mol. The van der Waals surface area contributed by atoms with E-state index < -0.39 is 33.5 Å². The molecule has 1 aliphatic rings. The van der Waals surface area contributed by atoms with Crippen molar-refractivity contribution < 1.29 is 33.6 Å². The number of nitro groups is 2. The van der Waals surface area contributed by atoms with Gasteiger partial charge >= 0.3 is 12.3 Å². The number of non-ortho nitro benzene ring substituents is 2. The van der Waals surface area contributed by atoms with Crippen molar-refractivity contribution in [2.45, 2.75) is 0 Å². The zero-order chi connectivity index (χ0) is 16.7. The summed E-state index contributed by atoms with van der Waals surface area (Å²) < 4.78 is 13.6. The normalized spacial score (nSPS) is 13.4. The lowest BCUT2D eigenvalue weighted by Crippen LogP contribution is -2.21. The topological polar surface area (TPSA) is 148 Å². The number of benzene rings is 2. The molecule has 0 spiro atoms. The Hall–Kier alpha value is -3.76. The number of hydrogen-bond donors (Lipinski definition) is 0. The summed E-state index contributed by atoms with van der Waals surface area (Å²) in [7, 11) is 0. The lowest BCUT2D eigenvalue weighted by atomic mass is 10.1. The fraction of sp³-hybridized carbons (Fsp3) is 0. The van der Waals surface area contributed by atoms with E-state index in [-0.39, 0.29) is 22.3 Å². The second-order valence-electron chi connectivity index (χ2n) is 4.31. The molecule has 3 rings (SSSR count). The molecule has 0 aromatic heterocycles. The summed E-state index contributed by atoms with van der Waals surface area (Å²) in [5, 5.41) is 21.9. The van der Waals surface area contributed by atoms with Crippen molar-refractivity contribution in [3.63, 3.8) is 0 Å². The van der Waals surface area contributed by atoms with Crippen LogP contribution >= 0.6 is 0 Å². The molecule has 0 fully saturated rings. The van der Waals surface area contributed by atoms with Crippen LogP contribution in [0.2, 0.25) is 0 Å². The Bertz CT molecular complexity index is 836. The van der Waals surface area contributed by atoms with E-state index in [9.17, 15) is 29.8 Å². The van der Waals surface area contributed by atoms with E-state index in [1.165, 1.54) is 0 Å². The predicted molar refractivity (Wildman–Crippen MR) is 70.4 cm³/mol. The molecule has 11 nitrogen and oxygen atoms in total. The Labute approximate surface area is 125 Å². The first kappa shape index (κ1) is 14.2. The summed E-state index contributed by atoms with van der Waals surface area (Å²) in [5.41, 5.74) is -0.947. The first-order valence-electron chi connectivity index (χ1n) is 5.87. The molecule has 2 aromatic rings. The second-order valence-corrected chi connectivity index (χ2v) is 4.31. The van der Waals surface area contributed by atoms with Crippen molar-refractivity contribution in [2.24, 2.45) is 0 Å². The van der Waals surface area contributed by atoms with Crippen LogP contribution in [0.5, 0.6) is 11.5 Å². The fourth-order valence-corrected chi connectivity index (χ4v) is 2.07. The highest BCUT2D eigenvalue weighted by molar-refractivity contribution is 6.00. The molecule has 23 heavy (non-hydrogen) atoms. The number of rotatable bonds is 2. The highest BCUT2D eigenvalue weighted by atomic mass is 16.8. The van der Waals surface area contributed by atoms with E-state index in [4.69, 9.17) is 9.47 Å². The van der Waals surface area contributed by atoms with E-state index >= 15 is 0 Å². The van der Waals surface area contributed by atoms with Gasteiger partial charge in [-0.2, -0.15) is 0 Å². The molecule has 1 heterocycles. The Morgan fingerprint density at radius 3 is 1.57 bits per heavy atom. The van der Waals surface area contributed by atoms with E-state index in [1.54, 1.807) is 0 Å². The quantitative estimate of drug-likeness (QED) is 0.267. The highest BCUT2D eigenvalue weighted by Crippen LogP contribution is 2.41. The molecule has 11 heteroatoms. The van der Waals surface area contributed by atoms with Crippen LogP contribution in [0, 0.1) is 20.2 Å². The molecule has 2 aromatic carbocycles. The molecule has 116 valence electrons. The van der Waals surface area contributed by atoms with Gasteiger partial charge in [-0.1, -0.05) is 0 Å². The van der Waals surface area contributed by atoms with Crippen molar-refractivity contribution in [2.75, 3.05) is 0 Å². The Balaban J connectivity index is 2.39. The minimum absolute atomic E-state index is 0.00815. The number of nitro benzene ring substituents is 2. The van der Waals surface area contributed by atoms with E-state index in [1.807, 2.05) is 0 Å². The molecule has 0 atom stereocenters. The molecule has 0 radical (unpaired) electrons. The Kier molecular flexibility index (Phi) is 3.03. The highest BCUT2D eigenvalue weighted by Gasteiger charge is 2.27. The van der Waals surface area contributed by atoms with Crippen LogP contribution in [-0.4, -0.2) is 22.2 Å². The fourth-order valence-electron chi connectivity index (χ4n) is 2.07. The lowest BCUT2D eigenvalue weighted by molar-refractivity contribution is -0.385. The number of nitrogens with zero attached hydrogens (tertiary/aromatic N) is 2. The van der Waals surface area contributed by atoms with E-state index in [0.29, 0.717) is 0 Å². The summed E-state index contributed by atoms with van der Waals surface area (Å²) in [6, 6.07) is 3.88. The number of ether oxygens (including phenoxy) is 3. The van der Waals surface area contributed by atoms with Crippen LogP contribution in [0.1, 0.15) is 0 Å². The molecule has 0 unspecified atom stereocenters. The summed E-state index contributed by atoms with van der Waals surface area (Å²) in [6.45, 7) is 0. The number of hydrogen-bond acceptors (Lipinski definition) is 9. The second kappa shape index (κ2) is 4.91. The van der Waals surface area contributed by atoms with Gasteiger partial charge < -0.3 is 14.2 Å². The van der Waals surface area contributed by atoms with Gasteiger partial charge in [-0.15, -0.1) is 0 Å². The maximum Gasteiger partial charge on any atom is 0.524 e.